The summed E-state index contributed by atoms with van der Waals surface area (Å²) in [6.07, 6.45) is 0. The Hall–Kier alpha value is -0.970. The van der Waals surface area contributed by atoms with Gasteiger partial charge < -0.3 is 15.0 Å². The number of amides is 1. The normalized spacial score (nSPS) is 24.8. The number of rotatable bonds is 3. The van der Waals surface area contributed by atoms with Gasteiger partial charge in [-0.25, -0.2) is 0 Å². The second-order valence-electron chi connectivity index (χ2n) is 5.34. The van der Waals surface area contributed by atoms with Crippen molar-refractivity contribution in [2.75, 3.05) is 32.8 Å². The van der Waals surface area contributed by atoms with Crippen molar-refractivity contribution in [2.45, 2.75) is 0 Å². The minimum atomic E-state index is 0.00688. The Morgan fingerprint density at radius 2 is 2.00 bits per heavy atom. The first kappa shape index (κ1) is 14.0. The number of nitrogens with one attached hydrogen (secondary N) is 1. The molecule has 2 fully saturated rings. The standard InChI is InChI=1S/C14H16Cl2N2O2/c15-11-1-2-12(16)13(3-11)20-8-14(19)18-6-9-4-17-5-10(9)7-18/h1-3,9-10,17H,4-8H2/t9-,10+. The van der Waals surface area contributed by atoms with Crippen molar-refractivity contribution in [3.05, 3.63) is 28.2 Å². The van der Waals surface area contributed by atoms with Gasteiger partial charge in [-0.05, 0) is 24.0 Å². The highest BCUT2D eigenvalue weighted by Crippen LogP contribution is 2.29. The SMILES string of the molecule is O=C(COc1cc(Cl)ccc1Cl)N1C[C@H]2CNC[C@H]2C1. The predicted octanol–water partition coefficient (Wildman–Crippen LogP) is 2.05. The van der Waals surface area contributed by atoms with Gasteiger partial charge in [-0.15, -0.1) is 0 Å². The van der Waals surface area contributed by atoms with Gasteiger partial charge in [-0.1, -0.05) is 23.2 Å². The maximum Gasteiger partial charge on any atom is 0.260 e. The smallest absolute Gasteiger partial charge is 0.260 e. The van der Waals surface area contributed by atoms with Crippen LogP contribution < -0.4 is 10.1 Å². The van der Waals surface area contributed by atoms with Crippen LogP contribution in [0.15, 0.2) is 18.2 Å². The van der Waals surface area contributed by atoms with Crippen LogP contribution in [-0.4, -0.2) is 43.6 Å². The fourth-order valence-electron chi connectivity index (χ4n) is 2.88. The van der Waals surface area contributed by atoms with Gasteiger partial charge >= 0.3 is 0 Å². The van der Waals surface area contributed by atoms with Crippen molar-refractivity contribution < 1.29 is 9.53 Å². The first-order chi connectivity index (χ1) is 9.63. The summed E-state index contributed by atoms with van der Waals surface area (Å²) in [5, 5.41) is 4.36. The molecule has 1 aromatic rings. The van der Waals surface area contributed by atoms with Gasteiger partial charge in [-0.2, -0.15) is 0 Å². The number of likely N-dealkylation sites (tertiary alicyclic amines) is 1. The molecule has 0 aliphatic carbocycles. The van der Waals surface area contributed by atoms with Crippen LogP contribution in [0.2, 0.25) is 10.0 Å². The molecule has 6 heteroatoms. The number of halogens is 2. The number of ether oxygens (including phenoxy) is 1. The minimum Gasteiger partial charge on any atom is -0.482 e. The molecule has 0 aromatic heterocycles. The molecule has 2 saturated heterocycles. The zero-order chi connectivity index (χ0) is 14.1. The summed E-state index contributed by atoms with van der Waals surface area (Å²) in [6, 6.07) is 4.97. The van der Waals surface area contributed by atoms with Crippen LogP contribution in [0, 0.1) is 11.8 Å². The summed E-state index contributed by atoms with van der Waals surface area (Å²) >= 11 is 11.9. The summed E-state index contributed by atoms with van der Waals surface area (Å²) in [6.45, 7) is 3.67. The van der Waals surface area contributed by atoms with Gasteiger partial charge in [0.15, 0.2) is 6.61 Å². The molecule has 0 saturated carbocycles. The summed E-state index contributed by atoms with van der Waals surface area (Å²) in [4.78, 5) is 14.0. The molecule has 1 N–H and O–H groups in total. The molecule has 0 unspecified atom stereocenters. The number of hydrogen-bond acceptors (Lipinski definition) is 3. The molecular formula is C14H16Cl2N2O2. The lowest BCUT2D eigenvalue weighted by Crippen LogP contribution is -2.35. The predicted molar refractivity (Wildman–Crippen MR) is 78.4 cm³/mol. The first-order valence-electron chi connectivity index (χ1n) is 6.70. The van der Waals surface area contributed by atoms with E-state index in [4.69, 9.17) is 27.9 Å². The maximum absolute atomic E-state index is 12.2. The van der Waals surface area contributed by atoms with Crippen LogP contribution in [0.1, 0.15) is 0 Å². The quantitative estimate of drug-likeness (QED) is 0.928. The Bertz CT molecular complexity index is 512. The van der Waals surface area contributed by atoms with Crippen molar-refractivity contribution in [3.63, 3.8) is 0 Å². The average Bonchev–Trinajstić information content (AvgIpc) is 3.00. The van der Waals surface area contributed by atoms with Gasteiger partial charge in [-0.3, -0.25) is 4.79 Å². The van der Waals surface area contributed by atoms with Crippen molar-refractivity contribution in [1.29, 1.82) is 0 Å². The number of hydrogen-bond donors (Lipinski definition) is 1. The first-order valence-corrected chi connectivity index (χ1v) is 7.45. The molecule has 1 amide bonds. The summed E-state index contributed by atoms with van der Waals surface area (Å²) in [5.41, 5.74) is 0. The molecular weight excluding hydrogens is 299 g/mol. The van der Waals surface area contributed by atoms with Crippen molar-refractivity contribution >= 4 is 29.1 Å². The van der Waals surface area contributed by atoms with Gasteiger partial charge in [0.2, 0.25) is 0 Å². The van der Waals surface area contributed by atoms with Crippen LogP contribution in [0.3, 0.4) is 0 Å². The molecule has 0 radical (unpaired) electrons. The fraction of sp³-hybridized carbons (Fsp3) is 0.500. The van der Waals surface area contributed by atoms with E-state index in [1.165, 1.54) is 0 Å². The lowest BCUT2D eigenvalue weighted by molar-refractivity contribution is -0.132. The molecule has 2 atom stereocenters. The third-order valence-corrected chi connectivity index (χ3v) is 4.53. The molecule has 2 aliphatic rings. The number of nitrogens with zero attached hydrogens (tertiary/aromatic N) is 1. The van der Waals surface area contributed by atoms with Gasteiger partial charge in [0.25, 0.3) is 5.91 Å². The van der Waals surface area contributed by atoms with E-state index in [1.54, 1.807) is 18.2 Å². The zero-order valence-corrected chi connectivity index (χ0v) is 12.5. The Morgan fingerprint density at radius 3 is 2.70 bits per heavy atom. The zero-order valence-electron chi connectivity index (χ0n) is 10.9. The van der Waals surface area contributed by atoms with E-state index < -0.39 is 0 Å². The Balaban J connectivity index is 1.56. The van der Waals surface area contributed by atoms with Crippen LogP contribution in [-0.2, 0) is 4.79 Å². The largest absolute Gasteiger partial charge is 0.482 e. The van der Waals surface area contributed by atoms with Crippen molar-refractivity contribution in [3.8, 4) is 5.75 Å². The maximum atomic E-state index is 12.2. The minimum absolute atomic E-state index is 0.00688. The second kappa shape index (κ2) is 5.80. The van der Waals surface area contributed by atoms with E-state index in [1.807, 2.05) is 4.90 Å². The number of fused-ring (bicyclic) bond motifs is 1. The van der Waals surface area contributed by atoms with E-state index in [-0.39, 0.29) is 12.5 Å². The summed E-state index contributed by atoms with van der Waals surface area (Å²) < 4.78 is 5.49. The van der Waals surface area contributed by atoms with E-state index in [9.17, 15) is 4.79 Å². The monoisotopic (exact) mass is 314 g/mol. The lowest BCUT2D eigenvalue weighted by Gasteiger charge is -2.18. The molecule has 2 heterocycles. The topological polar surface area (TPSA) is 41.6 Å². The third kappa shape index (κ3) is 2.87. The van der Waals surface area contributed by atoms with Crippen molar-refractivity contribution in [1.82, 2.24) is 10.2 Å². The molecule has 108 valence electrons. The van der Waals surface area contributed by atoms with Gasteiger partial charge in [0.05, 0.1) is 5.02 Å². The van der Waals surface area contributed by atoms with E-state index in [0.717, 1.165) is 26.2 Å². The van der Waals surface area contributed by atoms with Crippen molar-refractivity contribution in [2.24, 2.45) is 11.8 Å². The number of carbonyl (C=O) groups excluding carboxylic acids is 1. The van der Waals surface area contributed by atoms with E-state index >= 15 is 0 Å². The average molecular weight is 315 g/mol. The van der Waals surface area contributed by atoms with Gasteiger partial charge in [0.1, 0.15) is 5.75 Å². The molecule has 0 bridgehead atoms. The number of carbonyl (C=O) groups is 1. The Kier molecular flexibility index (Phi) is 4.06. The molecule has 20 heavy (non-hydrogen) atoms. The fourth-order valence-corrected chi connectivity index (χ4v) is 3.21. The molecule has 4 nitrogen and oxygen atoms in total. The highest BCUT2D eigenvalue weighted by atomic mass is 35.5. The molecule has 3 rings (SSSR count). The third-order valence-electron chi connectivity index (χ3n) is 3.99. The molecule has 0 spiro atoms. The van der Waals surface area contributed by atoms with Gasteiger partial charge in [0, 0.05) is 37.3 Å². The Labute approximate surface area is 128 Å². The molecule has 2 aliphatic heterocycles. The van der Waals surface area contributed by atoms with Crippen LogP contribution in [0.4, 0.5) is 0 Å². The van der Waals surface area contributed by atoms with E-state index in [2.05, 4.69) is 5.32 Å². The second-order valence-corrected chi connectivity index (χ2v) is 6.18. The number of benzene rings is 1. The summed E-state index contributed by atoms with van der Waals surface area (Å²) in [5.74, 6) is 1.64. The van der Waals surface area contributed by atoms with E-state index in [0.29, 0.717) is 27.6 Å². The summed E-state index contributed by atoms with van der Waals surface area (Å²) in [7, 11) is 0. The highest BCUT2D eigenvalue weighted by molar-refractivity contribution is 6.34. The van der Waals surface area contributed by atoms with Crippen LogP contribution in [0.25, 0.3) is 0 Å². The highest BCUT2D eigenvalue weighted by Gasteiger charge is 2.37. The Morgan fingerprint density at radius 1 is 1.30 bits per heavy atom. The van der Waals surface area contributed by atoms with Crippen LogP contribution >= 0.6 is 23.2 Å². The van der Waals surface area contributed by atoms with Crippen LogP contribution in [0.5, 0.6) is 5.75 Å². The lowest BCUT2D eigenvalue weighted by atomic mass is 10.0. The molecule has 1 aromatic carbocycles.